The molecule has 1 N–H and O–H groups in total. The van der Waals surface area contributed by atoms with E-state index in [0.717, 1.165) is 5.56 Å². The maximum Gasteiger partial charge on any atom is 0.265 e. The van der Waals surface area contributed by atoms with Gasteiger partial charge in [-0.05, 0) is 48.0 Å². The van der Waals surface area contributed by atoms with Crippen molar-refractivity contribution < 1.29 is 9.18 Å². The standard InChI is InChI=1S/C22H16FN3O2S/c23-16-9-7-14(8-10-16)13-26-20-15(4-3-11-24-20)12-17(22(26)28)21(27)25-18-5-1-2-6-19(18)29/h1-12,29H,13H2,(H,25,27). The first-order valence-electron chi connectivity index (χ1n) is 8.85. The number of nitrogens with one attached hydrogen (secondary N) is 1. The number of halogens is 1. The van der Waals surface area contributed by atoms with E-state index in [1.165, 1.54) is 22.8 Å². The Balaban J connectivity index is 1.80. The van der Waals surface area contributed by atoms with Crippen molar-refractivity contribution in [1.29, 1.82) is 0 Å². The summed E-state index contributed by atoms with van der Waals surface area (Å²) in [4.78, 5) is 30.9. The van der Waals surface area contributed by atoms with Gasteiger partial charge in [0.05, 0.1) is 12.2 Å². The number of hydrogen-bond acceptors (Lipinski definition) is 4. The molecule has 4 rings (SSSR count). The van der Waals surface area contributed by atoms with Gasteiger partial charge in [-0.2, -0.15) is 0 Å². The lowest BCUT2D eigenvalue weighted by molar-refractivity contribution is 0.102. The number of hydrogen-bond donors (Lipinski definition) is 2. The summed E-state index contributed by atoms with van der Waals surface area (Å²) in [5, 5.41) is 3.38. The molecule has 0 saturated heterocycles. The molecule has 0 fully saturated rings. The Morgan fingerprint density at radius 2 is 1.83 bits per heavy atom. The van der Waals surface area contributed by atoms with E-state index in [0.29, 0.717) is 21.6 Å². The van der Waals surface area contributed by atoms with Gasteiger partial charge in [-0.1, -0.05) is 24.3 Å². The summed E-state index contributed by atoms with van der Waals surface area (Å²) >= 11 is 4.33. The summed E-state index contributed by atoms with van der Waals surface area (Å²) in [6.45, 7) is 0.164. The molecule has 29 heavy (non-hydrogen) atoms. The van der Waals surface area contributed by atoms with Crippen LogP contribution in [0, 0.1) is 5.82 Å². The predicted octanol–water partition coefficient (Wildman–Crippen LogP) is 4.12. The summed E-state index contributed by atoms with van der Waals surface area (Å²) in [7, 11) is 0. The quantitative estimate of drug-likeness (QED) is 0.502. The molecule has 0 unspecified atom stereocenters. The van der Waals surface area contributed by atoms with Gasteiger partial charge in [0.15, 0.2) is 0 Å². The second-order valence-electron chi connectivity index (χ2n) is 6.46. The van der Waals surface area contributed by atoms with Gasteiger partial charge in [-0.15, -0.1) is 12.6 Å². The Hall–Kier alpha value is -3.45. The Bertz CT molecular complexity index is 1270. The molecule has 0 aliphatic heterocycles. The van der Waals surface area contributed by atoms with Gasteiger partial charge in [-0.25, -0.2) is 9.37 Å². The highest BCUT2D eigenvalue weighted by atomic mass is 32.1. The molecule has 2 aromatic heterocycles. The van der Waals surface area contributed by atoms with E-state index < -0.39 is 11.5 Å². The first-order chi connectivity index (χ1) is 14.0. The molecule has 0 bridgehead atoms. The third-order valence-electron chi connectivity index (χ3n) is 4.50. The predicted molar refractivity (Wildman–Crippen MR) is 113 cm³/mol. The van der Waals surface area contributed by atoms with Crippen LogP contribution < -0.4 is 10.9 Å². The van der Waals surface area contributed by atoms with Crippen molar-refractivity contribution in [3.05, 3.63) is 100 Å². The van der Waals surface area contributed by atoms with Gasteiger partial charge in [0, 0.05) is 16.5 Å². The minimum atomic E-state index is -0.532. The normalized spacial score (nSPS) is 10.8. The summed E-state index contributed by atoms with van der Waals surface area (Å²) in [5.74, 6) is -0.891. The van der Waals surface area contributed by atoms with Crippen molar-refractivity contribution in [2.45, 2.75) is 11.4 Å². The van der Waals surface area contributed by atoms with Crippen LogP contribution in [0.3, 0.4) is 0 Å². The molecule has 0 saturated carbocycles. The molecule has 0 aliphatic carbocycles. The maximum absolute atomic E-state index is 13.2. The number of aromatic nitrogens is 2. The minimum Gasteiger partial charge on any atom is -0.321 e. The highest BCUT2D eigenvalue weighted by Gasteiger charge is 2.17. The Labute approximate surface area is 171 Å². The van der Waals surface area contributed by atoms with E-state index >= 15 is 0 Å². The van der Waals surface area contributed by atoms with Crippen LogP contribution in [0.1, 0.15) is 15.9 Å². The molecular weight excluding hydrogens is 389 g/mol. The van der Waals surface area contributed by atoms with Crippen molar-refractivity contribution in [1.82, 2.24) is 9.55 Å². The SMILES string of the molecule is O=C(Nc1ccccc1S)c1cc2cccnc2n(Cc2ccc(F)cc2)c1=O. The molecule has 1 amide bonds. The molecular formula is C22H16FN3O2S. The van der Waals surface area contributed by atoms with Gasteiger partial charge in [0.25, 0.3) is 11.5 Å². The second kappa shape index (κ2) is 7.89. The number of rotatable bonds is 4. The lowest BCUT2D eigenvalue weighted by Gasteiger charge is -2.13. The number of benzene rings is 2. The van der Waals surface area contributed by atoms with Gasteiger partial charge in [0.2, 0.25) is 0 Å². The molecule has 0 aliphatic rings. The number of nitrogens with zero attached hydrogens (tertiary/aromatic N) is 2. The molecule has 2 heterocycles. The van der Waals surface area contributed by atoms with Crippen LogP contribution in [0.4, 0.5) is 10.1 Å². The fourth-order valence-electron chi connectivity index (χ4n) is 3.06. The number of amides is 1. The fraction of sp³-hybridized carbons (Fsp3) is 0.0455. The fourth-order valence-corrected chi connectivity index (χ4v) is 3.27. The zero-order valence-corrected chi connectivity index (χ0v) is 16.1. The second-order valence-corrected chi connectivity index (χ2v) is 6.95. The number of pyridine rings is 2. The number of fused-ring (bicyclic) bond motifs is 1. The summed E-state index contributed by atoms with van der Waals surface area (Å²) in [6, 6.07) is 17.9. The molecule has 144 valence electrons. The zero-order valence-electron chi connectivity index (χ0n) is 15.2. The Kier molecular flexibility index (Phi) is 5.14. The van der Waals surface area contributed by atoms with Crippen molar-refractivity contribution in [2.24, 2.45) is 0 Å². The molecule has 0 spiro atoms. The summed E-state index contributed by atoms with van der Waals surface area (Å²) < 4.78 is 14.6. The molecule has 4 aromatic rings. The van der Waals surface area contributed by atoms with Crippen LogP contribution in [-0.4, -0.2) is 15.5 Å². The zero-order chi connectivity index (χ0) is 20.4. The van der Waals surface area contributed by atoms with E-state index in [9.17, 15) is 14.0 Å². The average molecular weight is 405 g/mol. The summed E-state index contributed by atoms with van der Waals surface area (Å²) in [6.07, 6.45) is 1.58. The number of carbonyl (C=O) groups is 1. The van der Waals surface area contributed by atoms with Crippen molar-refractivity contribution >= 4 is 35.3 Å². The van der Waals surface area contributed by atoms with Crippen molar-refractivity contribution in [2.75, 3.05) is 5.32 Å². The third kappa shape index (κ3) is 3.90. The number of para-hydroxylation sites is 1. The van der Waals surface area contributed by atoms with Gasteiger partial charge in [-0.3, -0.25) is 14.2 Å². The smallest absolute Gasteiger partial charge is 0.265 e. The number of thiol groups is 1. The van der Waals surface area contributed by atoms with E-state index in [-0.39, 0.29) is 17.9 Å². The van der Waals surface area contributed by atoms with Crippen LogP contribution >= 0.6 is 12.6 Å². The maximum atomic E-state index is 13.2. The lowest BCUT2D eigenvalue weighted by atomic mass is 10.1. The third-order valence-corrected chi connectivity index (χ3v) is 4.89. The Morgan fingerprint density at radius 3 is 2.59 bits per heavy atom. The highest BCUT2D eigenvalue weighted by Crippen LogP contribution is 2.20. The van der Waals surface area contributed by atoms with Crippen molar-refractivity contribution in [3.8, 4) is 0 Å². The van der Waals surface area contributed by atoms with E-state index in [1.54, 1.807) is 54.7 Å². The highest BCUT2D eigenvalue weighted by molar-refractivity contribution is 7.80. The van der Waals surface area contributed by atoms with E-state index in [1.807, 2.05) is 0 Å². The number of carbonyl (C=O) groups excluding carboxylic acids is 1. The Morgan fingerprint density at radius 1 is 1.07 bits per heavy atom. The minimum absolute atomic E-state index is 0.0100. The summed E-state index contributed by atoms with van der Waals surface area (Å²) in [5.41, 5.74) is 1.20. The lowest BCUT2D eigenvalue weighted by Crippen LogP contribution is -2.30. The first-order valence-corrected chi connectivity index (χ1v) is 9.30. The van der Waals surface area contributed by atoms with Crippen LogP contribution in [-0.2, 0) is 6.54 Å². The average Bonchev–Trinajstić information content (AvgIpc) is 2.73. The monoisotopic (exact) mass is 405 g/mol. The van der Waals surface area contributed by atoms with Crippen LogP contribution in [0.25, 0.3) is 11.0 Å². The van der Waals surface area contributed by atoms with Crippen LogP contribution in [0.15, 0.2) is 82.6 Å². The van der Waals surface area contributed by atoms with Crippen molar-refractivity contribution in [3.63, 3.8) is 0 Å². The van der Waals surface area contributed by atoms with Crippen LogP contribution in [0.2, 0.25) is 0 Å². The van der Waals surface area contributed by atoms with Gasteiger partial charge < -0.3 is 5.32 Å². The molecule has 5 nitrogen and oxygen atoms in total. The topological polar surface area (TPSA) is 64.0 Å². The van der Waals surface area contributed by atoms with Crippen LogP contribution in [0.5, 0.6) is 0 Å². The molecule has 2 aromatic carbocycles. The molecule has 0 atom stereocenters. The first kappa shape index (κ1) is 18.9. The molecule has 0 radical (unpaired) electrons. The van der Waals surface area contributed by atoms with E-state index in [4.69, 9.17) is 0 Å². The molecule has 7 heteroatoms. The largest absolute Gasteiger partial charge is 0.321 e. The van der Waals surface area contributed by atoms with Gasteiger partial charge >= 0.3 is 0 Å². The van der Waals surface area contributed by atoms with E-state index in [2.05, 4.69) is 22.9 Å². The number of anilines is 1. The van der Waals surface area contributed by atoms with Gasteiger partial charge in [0.1, 0.15) is 17.0 Å².